The number of hydrogen-bond acceptors (Lipinski definition) is 3. The maximum Gasteiger partial charge on any atom is 0.247 e. The van der Waals surface area contributed by atoms with Crippen LogP contribution in [0.2, 0.25) is 0 Å². The molecule has 54 valence electrons. The lowest BCUT2D eigenvalue weighted by molar-refractivity contribution is 0.410. The van der Waals surface area contributed by atoms with Crippen LogP contribution in [0.25, 0.3) is 0 Å². The molecular weight excluding hydrogens is 135 g/mol. The lowest BCUT2D eigenvalue weighted by Crippen LogP contribution is -1.97. The van der Waals surface area contributed by atoms with Crippen molar-refractivity contribution in [2.75, 3.05) is 0 Å². The molecular formula is C6H7FN2O. The van der Waals surface area contributed by atoms with E-state index in [9.17, 15) is 4.39 Å². The van der Waals surface area contributed by atoms with Crippen LogP contribution in [0.4, 0.5) is 4.39 Å². The van der Waals surface area contributed by atoms with Crippen LogP contribution >= 0.6 is 0 Å². The van der Waals surface area contributed by atoms with Gasteiger partial charge in [0, 0.05) is 12.7 Å². The topological polar surface area (TPSA) is 59.1 Å². The predicted molar refractivity (Wildman–Crippen MR) is 33.8 cm³/mol. The van der Waals surface area contributed by atoms with E-state index in [1.54, 1.807) is 0 Å². The lowest BCUT2D eigenvalue weighted by atomic mass is 10.3. The van der Waals surface area contributed by atoms with Gasteiger partial charge in [-0.2, -0.15) is 0 Å². The molecule has 0 atom stereocenters. The van der Waals surface area contributed by atoms with Gasteiger partial charge >= 0.3 is 0 Å². The maximum absolute atomic E-state index is 12.4. The minimum atomic E-state index is -0.733. The Balaban J connectivity index is 3.04. The third kappa shape index (κ3) is 1.22. The molecule has 4 heteroatoms. The minimum absolute atomic E-state index is 0.226. The SMILES string of the molecule is NCc1cnc(O)c(F)c1. The van der Waals surface area contributed by atoms with E-state index in [0.717, 1.165) is 6.07 Å². The molecule has 0 unspecified atom stereocenters. The van der Waals surface area contributed by atoms with E-state index in [2.05, 4.69) is 4.98 Å². The summed E-state index contributed by atoms with van der Waals surface area (Å²) in [7, 11) is 0. The minimum Gasteiger partial charge on any atom is -0.491 e. The maximum atomic E-state index is 12.4. The van der Waals surface area contributed by atoms with Gasteiger partial charge in [0.1, 0.15) is 0 Å². The fraction of sp³-hybridized carbons (Fsp3) is 0.167. The van der Waals surface area contributed by atoms with Gasteiger partial charge in [-0.15, -0.1) is 0 Å². The Morgan fingerprint density at radius 1 is 1.70 bits per heavy atom. The van der Waals surface area contributed by atoms with E-state index in [1.165, 1.54) is 6.20 Å². The molecule has 0 aromatic carbocycles. The molecule has 3 N–H and O–H groups in total. The van der Waals surface area contributed by atoms with Crippen molar-refractivity contribution in [2.24, 2.45) is 5.73 Å². The fourth-order valence-corrected chi connectivity index (χ4v) is 0.582. The third-order valence-corrected chi connectivity index (χ3v) is 1.11. The van der Waals surface area contributed by atoms with Crippen molar-refractivity contribution in [3.8, 4) is 5.88 Å². The molecule has 1 rings (SSSR count). The first-order chi connectivity index (χ1) is 4.74. The summed E-state index contributed by atoms with van der Waals surface area (Å²) in [5.74, 6) is -1.32. The Labute approximate surface area is 57.3 Å². The van der Waals surface area contributed by atoms with Crippen LogP contribution in [-0.4, -0.2) is 10.1 Å². The average Bonchev–Trinajstić information content (AvgIpc) is 1.95. The molecule has 0 fully saturated rings. The van der Waals surface area contributed by atoms with Crippen molar-refractivity contribution in [2.45, 2.75) is 6.54 Å². The van der Waals surface area contributed by atoms with Gasteiger partial charge in [-0.1, -0.05) is 0 Å². The summed E-state index contributed by atoms with van der Waals surface area (Å²) >= 11 is 0. The van der Waals surface area contributed by atoms with Crippen molar-refractivity contribution >= 4 is 0 Å². The standard InChI is InChI=1S/C6H7FN2O/c7-5-1-4(2-8)3-9-6(5)10/h1,3H,2,8H2,(H,9,10). The predicted octanol–water partition coefficient (Wildman–Crippen LogP) is 0.385. The number of pyridine rings is 1. The second-order valence-electron chi connectivity index (χ2n) is 1.85. The molecule has 1 aromatic heterocycles. The number of rotatable bonds is 1. The summed E-state index contributed by atoms with van der Waals surface area (Å²) in [6.45, 7) is 0.226. The summed E-state index contributed by atoms with van der Waals surface area (Å²) < 4.78 is 12.4. The first-order valence-electron chi connectivity index (χ1n) is 2.77. The van der Waals surface area contributed by atoms with Gasteiger partial charge in [-0.05, 0) is 11.6 Å². The number of aromatic hydroxyl groups is 1. The molecule has 0 aliphatic carbocycles. The normalized spacial score (nSPS) is 9.80. The first kappa shape index (κ1) is 6.95. The van der Waals surface area contributed by atoms with E-state index >= 15 is 0 Å². The van der Waals surface area contributed by atoms with Crippen LogP contribution < -0.4 is 5.73 Å². The van der Waals surface area contributed by atoms with Gasteiger partial charge in [0.2, 0.25) is 5.88 Å². The monoisotopic (exact) mass is 142 g/mol. The Hall–Kier alpha value is -1.16. The molecule has 0 saturated carbocycles. The quantitative estimate of drug-likeness (QED) is 0.596. The zero-order valence-corrected chi connectivity index (χ0v) is 5.21. The summed E-state index contributed by atoms with van der Waals surface area (Å²) in [6.07, 6.45) is 1.33. The van der Waals surface area contributed by atoms with Crippen LogP contribution in [0.15, 0.2) is 12.3 Å². The molecule has 0 spiro atoms. The molecule has 0 radical (unpaired) electrons. The van der Waals surface area contributed by atoms with Crippen LogP contribution in [0.1, 0.15) is 5.56 Å². The van der Waals surface area contributed by atoms with Gasteiger partial charge in [-0.25, -0.2) is 9.37 Å². The highest BCUT2D eigenvalue weighted by molar-refractivity contribution is 5.18. The smallest absolute Gasteiger partial charge is 0.247 e. The molecule has 0 saturated heterocycles. The van der Waals surface area contributed by atoms with Crippen LogP contribution in [0, 0.1) is 5.82 Å². The Bertz CT molecular complexity index is 239. The van der Waals surface area contributed by atoms with Gasteiger partial charge < -0.3 is 10.8 Å². The largest absolute Gasteiger partial charge is 0.491 e. The number of hydrogen-bond donors (Lipinski definition) is 2. The third-order valence-electron chi connectivity index (χ3n) is 1.11. The highest BCUT2D eigenvalue weighted by Gasteiger charge is 2.00. The highest BCUT2D eigenvalue weighted by atomic mass is 19.1. The molecule has 0 amide bonds. The van der Waals surface area contributed by atoms with Crippen molar-refractivity contribution in [3.05, 3.63) is 23.6 Å². The molecule has 3 nitrogen and oxygen atoms in total. The van der Waals surface area contributed by atoms with E-state index in [4.69, 9.17) is 10.8 Å². The molecule has 0 aliphatic rings. The van der Waals surface area contributed by atoms with E-state index in [1.807, 2.05) is 0 Å². The molecule has 1 aromatic rings. The highest BCUT2D eigenvalue weighted by Crippen LogP contribution is 2.11. The zero-order chi connectivity index (χ0) is 7.56. The molecule has 10 heavy (non-hydrogen) atoms. The summed E-state index contributed by atoms with van der Waals surface area (Å²) in [5, 5.41) is 8.61. The number of halogens is 1. The van der Waals surface area contributed by atoms with E-state index in [-0.39, 0.29) is 6.54 Å². The van der Waals surface area contributed by atoms with Crippen molar-refractivity contribution in [3.63, 3.8) is 0 Å². The Morgan fingerprint density at radius 3 is 2.90 bits per heavy atom. The fourth-order valence-electron chi connectivity index (χ4n) is 0.582. The lowest BCUT2D eigenvalue weighted by Gasteiger charge is -1.96. The van der Waals surface area contributed by atoms with Gasteiger partial charge in [-0.3, -0.25) is 0 Å². The average molecular weight is 142 g/mol. The summed E-state index contributed by atoms with van der Waals surface area (Å²) in [5.41, 5.74) is 5.75. The zero-order valence-electron chi connectivity index (χ0n) is 5.21. The van der Waals surface area contributed by atoms with Crippen LogP contribution in [0.3, 0.4) is 0 Å². The summed E-state index contributed by atoms with van der Waals surface area (Å²) in [6, 6.07) is 1.16. The van der Waals surface area contributed by atoms with Gasteiger partial charge in [0.05, 0.1) is 0 Å². The van der Waals surface area contributed by atoms with Crippen LogP contribution in [-0.2, 0) is 6.54 Å². The molecule has 0 bridgehead atoms. The van der Waals surface area contributed by atoms with Crippen molar-refractivity contribution < 1.29 is 9.50 Å². The van der Waals surface area contributed by atoms with Gasteiger partial charge in [0.15, 0.2) is 5.82 Å². The number of nitrogens with zero attached hydrogens (tertiary/aromatic N) is 1. The Morgan fingerprint density at radius 2 is 2.40 bits per heavy atom. The van der Waals surface area contributed by atoms with Crippen molar-refractivity contribution in [1.82, 2.24) is 4.98 Å². The second-order valence-corrected chi connectivity index (χ2v) is 1.85. The Kier molecular flexibility index (Phi) is 1.82. The number of aromatic nitrogens is 1. The molecule has 1 heterocycles. The van der Waals surface area contributed by atoms with E-state index < -0.39 is 11.7 Å². The first-order valence-corrected chi connectivity index (χ1v) is 2.77. The van der Waals surface area contributed by atoms with Crippen molar-refractivity contribution in [1.29, 1.82) is 0 Å². The van der Waals surface area contributed by atoms with Crippen LogP contribution in [0.5, 0.6) is 5.88 Å². The second kappa shape index (κ2) is 2.62. The van der Waals surface area contributed by atoms with E-state index in [0.29, 0.717) is 5.56 Å². The van der Waals surface area contributed by atoms with Gasteiger partial charge in [0.25, 0.3) is 0 Å². The number of nitrogens with two attached hydrogens (primary N) is 1. The molecule has 0 aliphatic heterocycles. The summed E-state index contributed by atoms with van der Waals surface area (Å²) in [4.78, 5) is 3.35.